The second-order valence-corrected chi connectivity index (χ2v) is 6.66. The van der Waals surface area contributed by atoms with Crippen molar-refractivity contribution in [1.29, 1.82) is 5.26 Å². The van der Waals surface area contributed by atoms with Crippen molar-refractivity contribution in [1.82, 2.24) is 10.2 Å². The quantitative estimate of drug-likeness (QED) is 0.906. The molecule has 0 aromatic heterocycles. The van der Waals surface area contributed by atoms with Crippen molar-refractivity contribution in [3.05, 3.63) is 35.4 Å². The van der Waals surface area contributed by atoms with E-state index in [0.29, 0.717) is 18.5 Å². The predicted octanol–water partition coefficient (Wildman–Crippen LogP) is 2.23. The minimum absolute atomic E-state index is 0.172. The summed E-state index contributed by atoms with van der Waals surface area (Å²) in [5, 5.41) is 12.2. The van der Waals surface area contributed by atoms with Crippen LogP contribution in [0.3, 0.4) is 0 Å². The third-order valence-electron chi connectivity index (χ3n) is 4.73. The van der Waals surface area contributed by atoms with Gasteiger partial charge in [-0.25, -0.2) is 0 Å². The van der Waals surface area contributed by atoms with Gasteiger partial charge in [-0.05, 0) is 49.8 Å². The third-order valence-corrected chi connectivity index (χ3v) is 4.73. The Bertz CT molecular complexity index is 675. The van der Waals surface area contributed by atoms with E-state index in [1.54, 1.807) is 13.0 Å². The number of nitrogens with one attached hydrogen (secondary N) is 1. The Kier molecular flexibility index (Phi) is 4.08. The van der Waals surface area contributed by atoms with E-state index in [9.17, 15) is 14.9 Å². The second-order valence-electron chi connectivity index (χ2n) is 6.66. The van der Waals surface area contributed by atoms with Crippen molar-refractivity contribution < 1.29 is 9.59 Å². The monoisotopic (exact) mass is 311 g/mol. The number of rotatable bonds is 5. The Morgan fingerprint density at radius 3 is 2.87 bits per heavy atom. The summed E-state index contributed by atoms with van der Waals surface area (Å²) in [5.41, 5.74) is 0.687. The summed E-state index contributed by atoms with van der Waals surface area (Å²) in [6.45, 7) is 3.11. The van der Waals surface area contributed by atoms with E-state index in [0.717, 1.165) is 31.4 Å². The van der Waals surface area contributed by atoms with Gasteiger partial charge in [-0.15, -0.1) is 0 Å². The van der Waals surface area contributed by atoms with Crippen LogP contribution < -0.4 is 5.32 Å². The second kappa shape index (κ2) is 6.04. The molecule has 1 aliphatic heterocycles. The number of nitrogens with zero attached hydrogens (tertiary/aromatic N) is 2. The molecule has 1 aromatic carbocycles. The highest BCUT2D eigenvalue weighted by atomic mass is 16.2. The molecule has 1 atom stereocenters. The van der Waals surface area contributed by atoms with Crippen molar-refractivity contribution in [2.45, 2.75) is 44.7 Å². The molecule has 0 bridgehead atoms. The van der Waals surface area contributed by atoms with Gasteiger partial charge in [0.15, 0.2) is 0 Å². The van der Waals surface area contributed by atoms with Crippen LogP contribution in [0.2, 0.25) is 0 Å². The summed E-state index contributed by atoms with van der Waals surface area (Å²) in [4.78, 5) is 26.0. The fourth-order valence-electron chi connectivity index (χ4n) is 3.09. The molecule has 3 rings (SSSR count). The van der Waals surface area contributed by atoms with Crippen LogP contribution in [0.4, 0.5) is 0 Å². The minimum Gasteiger partial charge on any atom is -0.338 e. The van der Waals surface area contributed by atoms with Crippen molar-refractivity contribution >= 4 is 11.8 Å². The molecule has 1 aliphatic carbocycles. The lowest BCUT2D eigenvalue weighted by molar-refractivity contribution is -0.128. The van der Waals surface area contributed by atoms with Crippen molar-refractivity contribution in [2.75, 3.05) is 6.54 Å². The molecule has 5 nitrogen and oxygen atoms in total. The largest absolute Gasteiger partial charge is 0.338 e. The Labute approximate surface area is 136 Å². The molecule has 1 saturated heterocycles. The van der Waals surface area contributed by atoms with Crippen LogP contribution in [-0.4, -0.2) is 28.8 Å². The summed E-state index contributed by atoms with van der Waals surface area (Å²) in [7, 11) is 0. The number of benzene rings is 1. The number of likely N-dealkylation sites (tertiary alicyclic amines) is 1. The van der Waals surface area contributed by atoms with Crippen LogP contribution in [0.5, 0.6) is 0 Å². The third kappa shape index (κ3) is 3.37. The molecule has 0 spiro atoms. The van der Waals surface area contributed by atoms with Gasteiger partial charge in [0.25, 0.3) is 5.91 Å². The van der Waals surface area contributed by atoms with E-state index in [4.69, 9.17) is 0 Å². The maximum absolute atomic E-state index is 12.5. The first-order valence-corrected chi connectivity index (χ1v) is 8.12. The van der Waals surface area contributed by atoms with Crippen molar-refractivity contribution in [3.63, 3.8) is 0 Å². The molecule has 23 heavy (non-hydrogen) atoms. The summed E-state index contributed by atoms with van der Waals surface area (Å²) >= 11 is 0. The molecule has 2 amide bonds. The van der Waals surface area contributed by atoms with E-state index in [-0.39, 0.29) is 17.7 Å². The molecular formula is C18H21N3O2. The number of amides is 2. The molecule has 1 saturated carbocycles. The number of hydrogen-bond donors (Lipinski definition) is 1. The van der Waals surface area contributed by atoms with E-state index in [1.165, 1.54) is 0 Å². The Morgan fingerprint density at radius 1 is 1.48 bits per heavy atom. The van der Waals surface area contributed by atoms with Gasteiger partial charge >= 0.3 is 0 Å². The number of nitriles is 1. The first kappa shape index (κ1) is 15.5. The van der Waals surface area contributed by atoms with Crippen LogP contribution in [0.25, 0.3) is 0 Å². The lowest BCUT2D eigenvalue weighted by Crippen LogP contribution is -2.46. The van der Waals surface area contributed by atoms with Gasteiger partial charge < -0.3 is 10.2 Å². The number of carbonyl (C=O) groups excluding carboxylic acids is 2. The van der Waals surface area contributed by atoms with Crippen LogP contribution in [0, 0.1) is 17.2 Å². The fraction of sp³-hybridized carbons (Fsp3) is 0.500. The lowest BCUT2D eigenvalue weighted by Gasteiger charge is -2.23. The average Bonchev–Trinajstić information content (AvgIpc) is 3.33. The van der Waals surface area contributed by atoms with Crippen LogP contribution >= 0.6 is 0 Å². The van der Waals surface area contributed by atoms with Gasteiger partial charge in [0.2, 0.25) is 5.91 Å². The molecule has 120 valence electrons. The standard InChI is InChI=1S/C18H21N3O2/c1-18(12-19,15-7-8-15)20-17(23)14-5-2-4-13(10-14)11-21-9-3-6-16(21)22/h2,4-5,10,15H,3,6-9,11H2,1H3,(H,20,23)/t18-/m0/s1. The zero-order valence-electron chi connectivity index (χ0n) is 13.3. The van der Waals surface area contributed by atoms with Gasteiger partial charge in [-0.2, -0.15) is 5.26 Å². The molecule has 2 fully saturated rings. The van der Waals surface area contributed by atoms with Gasteiger partial charge in [-0.3, -0.25) is 9.59 Å². The highest BCUT2D eigenvalue weighted by molar-refractivity contribution is 5.95. The molecule has 0 unspecified atom stereocenters. The van der Waals surface area contributed by atoms with Crippen LogP contribution in [0.15, 0.2) is 24.3 Å². The molecule has 1 N–H and O–H groups in total. The maximum Gasteiger partial charge on any atom is 0.252 e. The first-order chi connectivity index (χ1) is 11.0. The zero-order chi connectivity index (χ0) is 16.4. The van der Waals surface area contributed by atoms with Crippen molar-refractivity contribution in [2.24, 2.45) is 5.92 Å². The van der Waals surface area contributed by atoms with E-state index in [1.807, 2.05) is 23.1 Å². The highest BCUT2D eigenvalue weighted by Crippen LogP contribution is 2.39. The average molecular weight is 311 g/mol. The Morgan fingerprint density at radius 2 is 2.26 bits per heavy atom. The molecule has 0 radical (unpaired) electrons. The van der Waals surface area contributed by atoms with E-state index in [2.05, 4.69) is 11.4 Å². The molecule has 1 aromatic rings. The first-order valence-electron chi connectivity index (χ1n) is 8.12. The van der Waals surface area contributed by atoms with Crippen molar-refractivity contribution in [3.8, 4) is 6.07 Å². The van der Waals surface area contributed by atoms with E-state index >= 15 is 0 Å². The van der Waals surface area contributed by atoms with Gasteiger partial charge in [0, 0.05) is 25.1 Å². The topological polar surface area (TPSA) is 73.2 Å². The molecule has 5 heteroatoms. The van der Waals surface area contributed by atoms with Crippen LogP contribution in [0.1, 0.15) is 48.5 Å². The zero-order valence-corrected chi connectivity index (χ0v) is 13.3. The summed E-state index contributed by atoms with van der Waals surface area (Å²) < 4.78 is 0. The Balaban J connectivity index is 1.70. The molecular weight excluding hydrogens is 290 g/mol. The number of hydrogen-bond acceptors (Lipinski definition) is 3. The smallest absolute Gasteiger partial charge is 0.252 e. The molecule has 2 aliphatic rings. The van der Waals surface area contributed by atoms with Crippen LogP contribution in [-0.2, 0) is 11.3 Å². The normalized spacial score (nSPS) is 20.0. The van der Waals surface area contributed by atoms with Gasteiger partial charge in [0.05, 0.1) is 6.07 Å². The summed E-state index contributed by atoms with van der Waals surface area (Å²) in [6.07, 6.45) is 3.49. The SMILES string of the molecule is C[C@@](C#N)(NC(=O)c1cccc(CN2CCCC2=O)c1)C1CC1. The lowest BCUT2D eigenvalue weighted by atomic mass is 9.97. The highest BCUT2D eigenvalue weighted by Gasteiger charge is 2.43. The Hall–Kier alpha value is -2.35. The van der Waals surface area contributed by atoms with Gasteiger partial charge in [-0.1, -0.05) is 12.1 Å². The fourth-order valence-corrected chi connectivity index (χ4v) is 3.09. The minimum atomic E-state index is -0.794. The summed E-state index contributed by atoms with van der Waals surface area (Å²) in [6, 6.07) is 9.54. The summed E-state index contributed by atoms with van der Waals surface area (Å²) in [5.74, 6) is 0.197. The number of carbonyl (C=O) groups is 2. The van der Waals surface area contributed by atoms with Gasteiger partial charge in [0.1, 0.15) is 5.54 Å². The maximum atomic E-state index is 12.5. The van der Waals surface area contributed by atoms with E-state index < -0.39 is 5.54 Å². The molecule has 1 heterocycles. The predicted molar refractivity (Wildman–Crippen MR) is 85.3 cm³/mol.